The van der Waals surface area contributed by atoms with Crippen LogP contribution in [-0.4, -0.2) is 23.3 Å². The van der Waals surface area contributed by atoms with Crippen molar-refractivity contribution in [2.75, 3.05) is 17.2 Å². The van der Waals surface area contributed by atoms with Crippen molar-refractivity contribution >= 4 is 66.8 Å². The standard InChI is InChI=1S/C24H16Br2N4O5/c25-17-10-15(9-16(13-27)24(32)29-19-7-4-8-20(12-19)30(33)34)23(21(26)11-17)35-14-22(31)28-18-5-2-1-3-6-18/h1-12H,14H2,(H,28,31)(H,29,32)/b16-9-. The third-order valence-corrected chi connectivity index (χ3v) is 5.47. The van der Waals surface area contributed by atoms with Gasteiger partial charge in [-0.3, -0.25) is 19.7 Å². The van der Waals surface area contributed by atoms with Gasteiger partial charge in [0.1, 0.15) is 17.4 Å². The second-order valence-corrected chi connectivity index (χ2v) is 8.71. The largest absolute Gasteiger partial charge is 0.482 e. The van der Waals surface area contributed by atoms with Gasteiger partial charge < -0.3 is 15.4 Å². The highest BCUT2D eigenvalue weighted by Crippen LogP contribution is 2.34. The van der Waals surface area contributed by atoms with Gasteiger partial charge in [0, 0.05) is 33.5 Å². The number of nitriles is 1. The summed E-state index contributed by atoms with van der Waals surface area (Å²) >= 11 is 6.73. The van der Waals surface area contributed by atoms with Crippen molar-refractivity contribution in [2.24, 2.45) is 0 Å². The van der Waals surface area contributed by atoms with Crippen molar-refractivity contribution in [2.45, 2.75) is 0 Å². The van der Waals surface area contributed by atoms with Gasteiger partial charge in [-0.2, -0.15) is 5.26 Å². The third kappa shape index (κ3) is 7.23. The summed E-state index contributed by atoms with van der Waals surface area (Å²) in [4.78, 5) is 35.4. The molecular weight excluding hydrogens is 584 g/mol. The van der Waals surface area contributed by atoms with Crippen molar-refractivity contribution in [3.05, 3.63) is 96.9 Å². The van der Waals surface area contributed by atoms with E-state index in [-0.39, 0.29) is 29.3 Å². The highest BCUT2D eigenvalue weighted by atomic mass is 79.9. The molecule has 176 valence electrons. The lowest BCUT2D eigenvalue weighted by molar-refractivity contribution is -0.384. The molecule has 0 bridgehead atoms. The van der Waals surface area contributed by atoms with Crippen molar-refractivity contribution in [1.29, 1.82) is 5.26 Å². The Morgan fingerprint density at radius 2 is 1.74 bits per heavy atom. The quantitative estimate of drug-likeness (QED) is 0.148. The number of halogens is 2. The van der Waals surface area contributed by atoms with Gasteiger partial charge in [0.2, 0.25) is 0 Å². The van der Waals surface area contributed by atoms with Crippen LogP contribution < -0.4 is 15.4 Å². The second kappa shape index (κ2) is 11.9. The number of nitro benzene ring substituents is 1. The highest BCUT2D eigenvalue weighted by molar-refractivity contribution is 9.11. The average Bonchev–Trinajstić information content (AvgIpc) is 2.82. The van der Waals surface area contributed by atoms with E-state index in [0.29, 0.717) is 20.2 Å². The number of benzene rings is 3. The number of ether oxygens (including phenoxy) is 1. The molecule has 0 aliphatic carbocycles. The van der Waals surface area contributed by atoms with Gasteiger partial charge in [0.25, 0.3) is 17.5 Å². The molecule has 0 spiro atoms. The van der Waals surface area contributed by atoms with Gasteiger partial charge in [-0.25, -0.2) is 0 Å². The SMILES string of the molecule is N#C/C(=C/c1cc(Br)cc(Br)c1OCC(=O)Nc1ccccc1)C(=O)Nc1cccc([N+](=O)[O-])c1. The Balaban J connectivity index is 1.81. The number of para-hydroxylation sites is 1. The maximum Gasteiger partial charge on any atom is 0.271 e. The zero-order valence-corrected chi connectivity index (χ0v) is 21.0. The summed E-state index contributed by atoms with van der Waals surface area (Å²) < 4.78 is 6.82. The molecule has 0 radical (unpaired) electrons. The lowest BCUT2D eigenvalue weighted by Gasteiger charge is -2.13. The maximum absolute atomic E-state index is 12.7. The molecule has 0 aliphatic heterocycles. The molecule has 0 saturated carbocycles. The van der Waals surface area contributed by atoms with Crippen LogP contribution in [0.5, 0.6) is 5.75 Å². The molecule has 3 rings (SSSR count). The Kier molecular flexibility index (Phi) is 8.72. The lowest BCUT2D eigenvalue weighted by atomic mass is 10.1. The first-order valence-electron chi connectivity index (χ1n) is 9.91. The first-order valence-corrected chi connectivity index (χ1v) is 11.5. The topological polar surface area (TPSA) is 134 Å². The molecule has 0 saturated heterocycles. The number of non-ortho nitro benzene ring substituents is 1. The molecule has 3 aromatic rings. The van der Waals surface area contributed by atoms with E-state index in [4.69, 9.17) is 4.74 Å². The van der Waals surface area contributed by atoms with E-state index in [1.165, 1.54) is 30.3 Å². The van der Waals surface area contributed by atoms with Crippen LogP contribution in [0.4, 0.5) is 17.1 Å². The Bertz CT molecular complexity index is 1350. The van der Waals surface area contributed by atoms with E-state index in [0.717, 1.165) is 0 Å². The van der Waals surface area contributed by atoms with Gasteiger partial charge in [0.15, 0.2) is 6.61 Å². The van der Waals surface area contributed by atoms with Crippen LogP contribution in [0.15, 0.2) is 81.2 Å². The number of anilines is 2. The number of hydrogen-bond donors (Lipinski definition) is 2. The van der Waals surface area contributed by atoms with E-state index < -0.39 is 16.7 Å². The van der Waals surface area contributed by atoms with Gasteiger partial charge in [0.05, 0.1) is 9.40 Å². The molecule has 2 amide bonds. The Morgan fingerprint density at radius 3 is 2.43 bits per heavy atom. The fraction of sp³-hybridized carbons (Fsp3) is 0.0417. The smallest absolute Gasteiger partial charge is 0.271 e. The summed E-state index contributed by atoms with van der Waals surface area (Å²) in [5, 5.41) is 25.7. The van der Waals surface area contributed by atoms with E-state index in [9.17, 15) is 25.0 Å². The molecule has 11 heteroatoms. The van der Waals surface area contributed by atoms with Crippen molar-refractivity contribution in [1.82, 2.24) is 0 Å². The van der Waals surface area contributed by atoms with E-state index in [1.807, 2.05) is 12.1 Å². The summed E-state index contributed by atoms with van der Waals surface area (Å²) in [5.74, 6) is -0.922. The Labute approximate surface area is 216 Å². The Morgan fingerprint density at radius 1 is 1.03 bits per heavy atom. The maximum atomic E-state index is 12.7. The molecule has 2 N–H and O–H groups in total. The number of rotatable bonds is 8. The minimum absolute atomic E-state index is 0.162. The third-order valence-electron chi connectivity index (χ3n) is 4.42. The van der Waals surface area contributed by atoms with E-state index >= 15 is 0 Å². The zero-order valence-electron chi connectivity index (χ0n) is 17.8. The fourth-order valence-corrected chi connectivity index (χ4v) is 4.27. The molecule has 35 heavy (non-hydrogen) atoms. The summed E-state index contributed by atoms with van der Waals surface area (Å²) in [7, 11) is 0. The predicted octanol–water partition coefficient (Wildman–Crippen LogP) is 5.68. The molecular formula is C24H16Br2N4O5. The second-order valence-electron chi connectivity index (χ2n) is 6.94. The minimum atomic E-state index is -0.767. The monoisotopic (exact) mass is 598 g/mol. The number of hydrogen-bond acceptors (Lipinski definition) is 6. The average molecular weight is 600 g/mol. The van der Waals surface area contributed by atoms with Gasteiger partial charge >= 0.3 is 0 Å². The van der Waals surface area contributed by atoms with Gasteiger partial charge in [-0.05, 0) is 52.3 Å². The summed E-state index contributed by atoms with van der Waals surface area (Å²) in [6, 6.07) is 19.4. The van der Waals surface area contributed by atoms with Crippen LogP contribution >= 0.6 is 31.9 Å². The van der Waals surface area contributed by atoms with Crippen LogP contribution in [0, 0.1) is 21.4 Å². The first kappa shape index (κ1) is 25.6. The van der Waals surface area contributed by atoms with Gasteiger partial charge in [-0.1, -0.05) is 40.2 Å². The van der Waals surface area contributed by atoms with E-state index in [2.05, 4.69) is 42.5 Å². The lowest BCUT2D eigenvalue weighted by Crippen LogP contribution is -2.20. The predicted molar refractivity (Wildman–Crippen MR) is 138 cm³/mol. The van der Waals surface area contributed by atoms with Gasteiger partial charge in [-0.15, -0.1) is 0 Å². The molecule has 0 atom stereocenters. The van der Waals surface area contributed by atoms with Crippen molar-refractivity contribution in [3.8, 4) is 11.8 Å². The number of nitrogens with one attached hydrogen (secondary N) is 2. The number of nitro groups is 1. The van der Waals surface area contributed by atoms with Crippen LogP contribution in [0.1, 0.15) is 5.56 Å². The normalized spacial score (nSPS) is 10.7. The molecule has 3 aromatic carbocycles. The molecule has 0 unspecified atom stereocenters. The van der Waals surface area contributed by atoms with Crippen LogP contribution in [0.3, 0.4) is 0 Å². The molecule has 9 nitrogen and oxygen atoms in total. The Hall–Kier alpha value is -4.01. The number of carbonyl (C=O) groups excluding carboxylic acids is 2. The van der Waals surface area contributed by atoms with Crippen LogP contribution in [0.2, 0.25) is 0 Å². The fourth-order valence-electron chi connectivity index (χ4n) is 2.90. The first-order chi connectivity index (χ1) is 16.8. The van der Waals surface area contributed by atoms with Crippen molar-refractivity contribution in [3.63, 3.8) is 0 Å². The molecule has 0 aliphatic rings. The van der Waals surface area contributed by atoms with E-state index in [1.54, 1.807) is 36.4 Å². The number of carbonyl (C=O) groups is 2. The molecule has 0 aromatic heterocycles. The summed E-state index contributed by atoms with van der Waals surface area (Å²) in [6.07, 6.45) is 1.30. The zero-order chi connectivity index (χ0) is 25.4. The van der Waals surface area contributed by atoms with Crippen molar-refractivity contribution < 1.29 is 19.2 Å². The molecule has 0 fully saturated rings. The molecule has 0 heterocycles. The van der Waals surface area contributed by atoms with Crippen LogP contribution in [0.25, 0.3) is 6.08 Å². The summed E-state index contributed by atoms with van der Waals surface area (Å²) in [6.45, 7) is -0.322. The number of amides is 2. The summed E-state index contributed by atoms with van der Waals surface area (Å²) in [5.41, 5.74) is 0.644. The minimum Gasteiger partial charge on any atom is -0.482 e. The highest BCUT2D eigenvalue weighted by Gasteiger charge is 2.16. The number of nitrogens with zero attached hydrogens (tertiary/aromatic N) is 2. The van der Waals surface area contributed by atoms with Crippen LogP contribution in [-0.2, 0) is 9.59 Å².